The van der Waals surface area contributed by atoms with Gasteiger partial charge in [-0.15, -0.1) is 0 Å². The number of nitrogen functional groups attached to an aromatic ring is 1. The predicted molar refractivity (Wildman–Crippen MR) is 71.4 cm³/mol. The number of rotatable bonds is 1. The molecular formula is C14H17N3O2. The van der Waals surface area contributed by atoms with Gasteiger partial charge in [0.25, 0.3) is 5.91 Å². The molecule has 0 bridgehead atoms. The molecule has 0 radical (unpaired) electrons. The number of nitrogens with two attached hydrogens (primary N) is 1. The second kappa shape index (κ2) is 4.57. The highest BCUT2D eigenvalue weighted by molar-refractivity contribution is 5.95. The number of piperidine rings is 1. The Bertz CT molecular complexity index is 512. The van der Waals surface area contributed by atoms with Gasteiger partial charge in [0.15, 0.2) is 0 Å². The molecular weight excluding hydrogens is 242 g/mol. The molecule has 3 N–H and O–H groups in total. The molecule has 0 aromatic heterocycles. The maximum absolute atomic E-state index is 12.5. The lowest BCUT2D eigenvalue weighted by Gasteiger charge is -2.36. The molecule has 2 amide bonds. The molecule has 2 saturated heterocycles. The molecule has 19 heavy (non-hydrogen) atoms. The van der Waals surface area contributed by atoms with Crippen LogP contribution in [0.15, 0.2) is 24.3 Å². The minimum absolute atomic E-state index is 0.00584. The quantitative estimate of drug-likeness (QED) is 0.726. The van der Waals surface area contributed by atoms with Gasteiger partial charge >= 0.3 is 0 Å². The molecule has 2 atom stereocenters. The average molecular weight is 259 g/mol. The van der Waals surface area contributed by atoms with Gasteiger partial charge in [-0.05, 0) is 37.1 Å². The van der Waals surface area contributed by atoms with Gasteiger partial charge in [-0.1, -0.05) is 0 Å². The van der Waals surface area contributed by atoms with Crippen molar-refractivity contribution in [3.05, 3.63) is 29.8 Å². The molecule has 1 aromatic rings. The van der Waals surface area contributed by atoms with Crippen molar-refractivity contribution >= 4 is 17.5 Å². The zero-order chi connectivity index (χ0) is 13.4. The van der Waals surface area contributed by atoms with Crippen LogP contribution in [0.4, 0.5) is 5.69 Å². The van der Waals surface area contributed by atoms with Crippen LogP contribution >= 0.6 is 0 Å². The molecule has 1 aromatic carbocycles. The number of benzene rings is 1. The first-order valence-corrected chi connectivity index (χ1v) is 6.61. The highest BCUT2D eigenvalue weighted by Gasteiger charge is 2.42. The van der Waals surface area contributed by atoms with Crippen molar-refractivity contribution in [1.29, 1.82) is 0 Å². The number of nitrogens with one attached hydrogen (secondary N) is 1. The van der Waals surface area contributed by atoms with E-state index in [9.17, 15) is 9.59 Å². The molecule has 2 heterocycles. The number of fused-ring (bicyclic) bond motifs is 1. The lowest BCUT2D eigenvalue weighted by atomic mass is 9.91. The van der Waals surface area contributed by atoms with Gasteiger partial charge in [-0.2, -0.15) is 0 Å². The SMILES string of the molecule is Nc1ccc(C(=O)N2CCCC3C(=O)NCC32)cc1. The summed E-state index contributed by atoms with van der Waals surface area (Å²) >= 11 is 0. The van der Waals surface area contributed by atoms with Gasteiger partial charge in [0, 0.05) is 24.3 Å². The van der Waals surface area contributed by atoms with Crippen LogP contribution in [-0.4, -0.2) is 35.8 Å². The van der Waals surface area contributed by atoms with Crippen molar-refractivity contribution in [1.82, 2.24) is 10.2 Å². The van der Waals surface area contributed by atoms with E-state index in [4.69, 9.17) is 5.73 Å². The van der Waals surface area contributed by atoms with E-state index >= 15 is 0 Å². The normalized spacial score (nSPS) is 25.9. The zero-order valence-electron chi connectivity index (χ0n) is 10.6. The predicted octanol–water partition coefficient (Wildman–Crippen LogP) is 0.619. The Morgan fingerprint density at radius 1 is 1.32 bits per heavy atom. The van der Waals surface area contributed by atoms with Gasteiger partial charge in [-0.25, -0.2) is 0 Å². The third-order valence-corrected chi connectivity index (χ3v) is 4.02. The third-order valence-electron chi connectivity index (χ3n) is 4.02. The summed E-state index contributed by atoms with van der Waals surface area (Å²) in [5.74, 6) is 0.0393. The van der Waals surface area contributed by atoms with E-state index in [1.807, 2.05) is 4.90 Å². The molecule has 5 heteroatoms. The van der Waals surface area contributed by atoms with E-state index in [-0.39, 0.29) is 23.8 Å². The van der Waals surface area contributed by atoms with Crippen LogP contribution in [0.25, 0.3) is 0 Å². The van der Waals surface area contributed by atoms with Crippen molar-refractivity contribution in [3.63, 3.8) is 0 Å². The van der Waals surface area contributed by atoms with Gasteiger partial charge < -0.3 is 16.0 Å². The fourth-order valence-electron chi connectivity index (χ4n) is 3.00. The molecule has 2 aliphatic rings. The fraction of sp³-hybridized carbons (Fsp3) is 0.429. The molecule has 0 saturated carbocycles. The van der Waals surface area contributed by atoms with Gasteiger partial charge in [-0.3, -0.25) is 9.59 Å². The van der Waals surface area contributed by atoms with Crippen LogP contribution in [-0.2, 0) is 4.79 Å². The number of hydrogen-bond acceptors (Lipinski definition) is 3. The number of nitrogens with zero attached hydrogens (tertiary/aromatic N) is 1. The Kier molecular flexibility index (Phi) is 2.89. The molecule has 0 aliphatic carbocycles. The lowest BCUT2D eigenvalue weighted by molar-refractivity contribution is -0.123. The zero-order valence-corrected chi connectivity index (χ0v) is 10.6. The smallest absolute Gasteiger partial charge is 0.254 e. The number of carbonyl (C=O) groups is 2. The number of hydrogen-bond donors (Lipinski definition) is 2. The monoisotopic (exact) mass is 259 g/mol. The Morgan fingerprint density at radius 2 is 2.05 bits per heavy atom. The van der Waals surface area contributed by atoms with Crippen LogP contribution < -0.4 is 11.1 Å². The summed E-state index contributed by atoms with van der Waals surface area (Å²) in [4.78, 5) is 26.0. The van der Waals surface area contributed by atoms with Crippen molar-refractivity contribution < 1.29 is 9.59 Å². The molecule has 0 spiro atoms. The van der Waals surface area contributed by atoms with E-state index in [0.717, 1.165) is 19.4 Å². The summed E-state index contributed by atoms with van der Waals surface area (Å²) in [6, 6.07) is 6.95. The minimum Gasteiger partial charge on any atom is -0.399 e. The second-order valence-corrected chi connectivity index (χ2v) is 5.18. The largest absolute Gasteiger partial charge is 0.399 e. The summed E-state index contributed by atoms with van der Waals surface area (Å²) in [6.45, 7) is 1.30. The molecule has 2 unspecified atom stereocenters. The van der Waals surface area contributed by atoms with E-state index in [2.05, 4.69) is 5.32 Å². The molecule has 3 rings (SSSR count). The van der Waals surface area contributed by atoms with Crippen molar-refractivity contribution in [2.24, 2.45) is 5.92 Å². The highest BCUT2D eigenvalue weighted by Crippen LogP contribution is 2.28. The Labute approximate surface area is 111 Å². The summed E-state index contributed by atoms with van der Waals surface area (Å²) < 4.78 is 0. The fourth-order valence-corrected chi connectivity index (χ4v) is 3.00. The van der Waals surface area contributed by atoms with Crippen LogP contribution in [0.2, 0.25) is 0 Å². The maximum Gasteiger partial charge on any atom is 0.254 e. The second-order valence-electron chi connectivity index (χ2n) is 5.18. The standard InChI is InChI=1S/C14H17N3O2/c15-10-5-3-9(4-6-10)14(19)17-7-1-2-11-12(17)8-16-13(11)18/h3-6,11-12H,1-2,7-8,15H2,(H,16,18). The molecule has 2 fully saturated rings. The van der Waals surface area contributed by atoms with E-state index in [1.165, 1.54) is 0 Å². The van der Waals surface area contributed by atoms with Crippen LogP contribution in [0, 0.1) is 5.92 Å². The molecule has 5 nitrogen and oxygen atoms in total. The molecule has 2 aliphatic heterocycles. The van der Waals surface area contributed by atoms with E-state index in [0.29, 0.717) is 17.8 Å². The number of anilines is 1. The summed E-state index contributed by atoms with van der Waals surface area (Å²) in [5.41, 5.74) is 6.91. The Balaban J connectivity index is 1.83. The van der Waals surface area contributed by atoms with Gasteiger partial charge in [0.2, 0.25) is 5.91 Å². The minimum atomic E-state index is -0.0357. The third kappa shape index (κ3) is 2.05. The van der Waals surface area contributed by atoms with E-state index < -0.39 is 0 Å². The average Bonchev–Trinajstić information content (AvgIpc) is 2.81. The highest BCUT2D eigenvalue weighted by atomic mass is 16.2. The first kappa shape index (κ1) is 12.0. The van der Waals surface area contributed by atoms with Crippen molar-refractivity contribution in [2.75, 3.05) is 18.8 Å². The summed E-state index contributed by atoms with van der Waals surface area (Å²) in [5, 5.41) is 2.85. The number of carbonyl (C=O) groups excluding carboxylic acids is 2. The number of amides is 2. The summed E-state index contributed by atoms with van der Waals surface area (Å²) in [7, 11) is 0. The van der Waals surface area contributed by atoms with Crippen LogP contribution in [0.5, 0.6) is 0 Å². The van der Waals surface area contributed by atoms with Crippen molar-refractivity contribution in [3.8, 4) is 0 Å². The van der Waals surface area contributed by atoms with Gasteiger partial charge in [0.1, 0.15) is 0 Å². The number of likely N-dealkylation sites (tertiary alicyclic amines) is 1. The van der Waals surface area contributed by atoms with E-state index in [1.54, 1.807) is 24.3 Å². The van der Waals surface area contributed by atoms with Crippen LogP contribution in [0.3, 0.4) is 0 Å². The first-order valence-electron chi connectivity index (χ1n) is 6.61. The lowest BCUT2D eigenvalue weighted by Crippen LogP contribution is -2.48. The Morgan fingerprint density at radius 3 is 2.79 bits per heavy atom. The van der Waals surface area contributed by atoms with Crippen LogP contribution in [0.1, 0.15) is 23.2 Å². The molecule has 100 valence electrons. The van der Waals surface area contributed by atoms with Gasteiger partial charge in [0.05, 0.1) is 12.0 Å². The summed E-state index contributed by atoms with van der Waals surface area (Å²) in [6.07, 6.45) is 1.76. The maximum atomic E-state index is 12.5. The first-order chi connectivity index (χ1) is 9.16. The topological polar surface area (TPSA) is 75.4 Å². The Hall–Kier alpha value is -2.04. The van der Waals surface area contributed by atoms with Crippen molar-refractivity contribution in [2.45, 2.75) is 18.9 Å².